The van der Waals surface area contributed by atoms with Crippen molar-refractivity contribution in [1.29, 1.82) is 0 Å². The van der Waals surface area contributed by atoms with E-state index in [-0.39, 0.29) is 18.3 Å². The highest BCUT2D eigenvalue weighted by molar-refractivity contribution is 5.90. The van der Waals surface area contributed by atoms with Crippen LogP contribution in [0.2, 0.25) is 0 Å². The first kappa shape index (κ1) is 18.1. The number of amides is 1. The summed E-state index contributed by atoms with van der Waals surface area (Å²) < 4.78 is 1.73. The van der Waals surface area contributed by atoms with Crippen LogP contribution in [0.25, 0.3) is 5.69 Å². The highest BCUT2D eigenvalue weighted by Gasteiger charge is 2.21. The maximum absolute atomic E-state index is 12.6. The Labute approximate surface area is 143 Å². The first-order valence-corrected chi connectivity index (χ1v) is 8.42. The lowest BCUT2D eigenvalue weighted by Crippen LogP contribution is -2.35. The van der Waals surface area contributed by atoms with Crippen LogP contribution < -0.4 is 0 Å². The van der Waals surface area contributed by atoms with Gasteiger partial charge in [-0.15, -0.1) is 5.10 Å². The van der Waals surface area contributed by atoms with Crippen LogP contribution in [-0.4, -0.2) is 50.4 Å². The summed E-state index contributed by atoms with van der Waals surface area (Å²) in [5.41, 5.74) is 2.10. The van der Waals surface area contributed by atoms with Gasteiger partial charge in [0, 0.05) is 13.1 Å². The predicted octanol–water partition coefficient (Wildman–Crippen LogP) is 2.54. The zero-order valence-corrected chi connectivity index (χ0v) is 14.9. The third kappa shape index (κ3) is 3.82. The van der Waals surface area contributed by atoms with Crippen LogP contribution in [0.5, 0.6) is 0 Å². The number of para-hydroxylation sites is 1. The molecule has 1 amide bonds. The molecule has 1 N–H and O–H groups in total. The zero-order valence-electron chi connectivity index (χ0n) is 14.9. The highest BCUT2D eigenvalue weighted by atomic mass is 16.3. The minimum absolute atomic E-state index is 0.0678. The number of nitrogens with zero attached hydrogens (tertiary/aromatic N) is 4. The lowest BCUT2D eigenvalue weighted by molar-refractivity contribution is 0.0710. The van der Waals surface area contributed by atoms with Gasteiger partial charge in [0.15, 0.2) is 0 Å². The Kier molecular flexibility index (Phi) is 6.09. The summed E-state index contributed by atoms with van der Waals surface area (Å²) in [7, 11) is 0. The standard InChI is InChI=1S/C18H26N4O2/c1-5-10-21(11-12-23)18(24)17-19-14(4)22(20-17)16-9-7-6-8-15(16)13(2)3/h6-9,13,23H,5,10-12H2,1-4H3. The molecule has 1 aromatic heterocycles. The lowest BCUT2D eigenvalue weighted by Gasteiger charge is -2.19. The van der Waals surface area contributed by atoms with Gasteiger partial charge >= 0.3 is 0 Å². The number of aromatic nitrogens is 3. The molecule has 0 saturated heterocycles. The molecule has 6 nitrogen and oxygen atoms in total. The molecular weight excluding hydrogens is 304 g/mol. The molecule has 0 atom stereocenters. The van der Waals surface area contributed by atoms with Gasteiger partial charge in [0.2, 0.25) is 5.82 Å². The van der Waals surface area contributed by atoms with Crippen LogP contribution in [0.3, 0.4) is 0 Å². The summed E-state index contributed by atoms with van der Waals surface area (Å²) in [6.45, 7) is 8.90. The number of carbonyl (C=O) groups is 1. The minimum atomic E-state index is -0.241. The number of hydrogen-bond acceptors (Lipinski definition) is 4. The van der Waals surface area contributed by atoms with Gasteiger partial charge in [-0.05, 0) is 30.9 Å². The fraction of sp³-hybridized carbons (Fsp3) is 0.500. The summed E-state index contributed by atoms with van der Waals surface area (Å²) in [5.74, 6) is 0.949. The van der Waals surface area contributed by atoms with Crippen molar-refractivity contribution in [3.05, 3.63) is 41.5 Å². The van der Waals surface area contributed by atoms with Crippen LogP contribution in [-0.2, 0) is 0 Å². The fourth-order valence-corrected chi connectivity index (χ4v) is 2.72. The van der Waals surface area contributed by atoms with Gasteiger partial charge in [0.1, 0.15) is 5.82 Å². The van der Waals surface area contributed by atoms with Crippen LogP contribution >= 0.6 is 0 Å². The molecule has 0 saturated carbocycles. The van der Waals surface area contributed by atoms with E-state index in [9.17, 15) is 4.79 Å². The first-order valence-electron chi connectivity index (χ1n) is 8.42. The molecule has 1 aromatic carbocycles. The molecule has 0 fully saturated rings. The Balaban J connectivity index is 2.39. The Morgan fingerprint density at radius 3 is 2.62 bits per heavy atom. The van der Waals surface area contributed by atoms with Gasteiger partial charge in [0.05, 0.1) is 12.3 Å². The van der Waals surface area contributed by atoms with Crippen LogP contribution in [0.1, 0.15) is 55.1 Å². The van der Waals surface area contributed by atoms with Crippen molar-refractivity contribution in [2.24, 2.45) is 0 Å². The average Bonchev–Trinajstić information content (AvgIpc) is 2.95. The van der Waals surface area contributed by atoms with Crippen molar-refractivity contribution in [1.82, 2.24) is 19.7 Å². The first-order chi connectivity index (χ1) is 11.5. The molecule has 0 aliphatic rings. The topological polar surface area (TPSA) is 71.2 Å². The summed E-state index contributed by atoms with van der Waals surface area (Å²) >= 11 is 0. The van der Waals surface area contributed by atoms with E-state index >= 15 is 0 Å². The lowest BCUT2D eigenvalue weighted by atomic mass is 10.0. The number of benzene rings is 1. The Bertz CT molecular complexity index is 688. The van der Waals surface area contributed by atoms with E-state index < -0.39 is 0 Å². The van der Waals surface area contributed by atoms with Gasteiger partial charge in [0.25, 0.3) is 5.91 Å². The second-order valence-corrected chi connectivity index (χ2v) is 6.12. The molecule has 0 bridgehead atoms. The molecule has 2 aromatic rings. The second-order valence-electron chi connectivity index (χ2n) is 6.12. The number of aryl methyl sites for hydroxylation is 1. The largest absolute Gasteiger partial charge is 0.395 e. The second kappa shape index (κ2) is 8.06. The van der Waals surface area contributed by atoms with Crippen molar-refractivity contribution in [3.8, 4) is 5.69 Å². The van der Waals surface area contributed by atoms with E-state index in [4.69, 9.17) is 5.11 Å². The normalized spacial score (nSPS) is 11.1. The summed E-state index contributed by atoms with van der Waals surface area (Å²) in [4.78, 5) is 18.6. The monoisotopic (exact) mass is 330 g/mol. The van der Waals surface area contributed by atoms with Crippen molar-refractivity contribution in [2.75, 3.05) is 19.7 Å². The SMILES string of the molecule is CCCN(CCO)C(=O)c1nc(C)n(-c2ccccc2C(C)C)n1. The molecule has 6 heteroatoms. The smallest absolute Gasteiger partial charge is 0.293 e. The number of carbonyl (C=O) groups excluding carboxylic acids is 1. The quantitative estimate of drug-likeness (QED) is 0.847. The van der Waals surface area contributed by atoms with Crippen molar-refractivity contribution in [2.45, 2.75) is 40.0 Å². The van der Waals surface area contributed by atoms with E-state index in [0.29, 0.717) is 24.8 Å². The summed E-state index contributed by atoms with van der Waals surface area (Å²) in [6, 6.07) is 8.01. The molecule has 1 heterocycles. The van der Waals surface area contributed by atoms with E-state index in [1.54, 1.807) is 9.58 Å². The Hall–Kier alpha value is -2.21. The Morgan fingerprint density at radius 2 is 2.00 bits per heavy atom. The van der Waals surface area contributed by atoms with Crippen LogP contribution in [0, 0.1) is 6.92 Å². The van der Waals surface area contributed by atoms with Gasteiger partial charge in [-0.3, -0.25) is 4.79 Å². The van der Waals surface area contributed by atoms with Crippen LogP contribution in [0.4, 0.5) is 0 Å². The van der Waals surface area contributed by atoms with Crippen molar-refractivity contribution in [3.63, 3.8) is 0 Å². The molecule has 0 aliphatic heterocycles. The number of hydrogen-bond donors (Lipinski definition) is 1. The average molecular weight is 330 g/mol. The molecule has 2 rings (SSSR count). The molecule has 0 spiro atoms. The van der Waals surface area contributed by atoms with Gasteiger partial charge < -0.3 is 10.0 Å². The minimum Gasteiger partial charge on any atom is -0.395 e. The van der Waals surface area contributed by atoms with Crippen LogP contribution in [0.15, 0.2) is 24.3 Å². The summed E-state index contributed by atoms with van der Waals surface area (Å²) in [6.07, 6.45) is 0.821. The maximum atomic E-state index is 12.6. The van der Waals surface area contributed by atoms with Crippen molar-refractivity contribution < 1.29 is 9.90 Å². The highest BCUT2D eigenvalue weighted by Crippen LogP contribution is 2.23. The molecule has 24 heavy (non-hydrogen) atoms. The fourth-order valence-electron chi connectivity index (χ4n) is 2.72. The number of aliphatic hydroxyl groups excluding tert-OH is 1. The van der Waals surface area contributed by atoms with E-state index in [0.717, 1.165) is 17.7 Å². The molecule has 130 valence electrons. The van der Waals surface area contributed by atoms with Gasteiger partial charge in [-0.25, -0.2) is 9.67 Å². The van der Waals surface area contributed by atoms with E-state index in [1.165, 1.54) is 0 Å². The maximum Gasteiger partial charge on any atom is 0.293 e. The predicted molar refractivity (Wildman–Crippen MR) is 93.5 cm³/mol. The zero-order chi connectivity index (χ0) is 17.7. The molecule has 0 aliphatic carbocycles. The number of rotatable bonds is 7. The Morgan fingerprint density at radius 1 is 1.29 bits per heavy atom. The third-order valence-electron chi connectivity index (χ3n) is 3.90. The van der Waals surface area contributed by atoms with Gasteiger partial charge in [-0.2, -0.15) is 0 Å². The van der Waals surface area contributed by atoms with E-state index in [2.05, 4.69) is 30.0 Å². The van der Waals surface area contributed by atoms with Gasteiger partial charge in [-0.1, -0.05) is 39.0 Å². The van der Waals surface area contributed by atoms with Crippen molar-refractivity contribution >= 4 is 5.91 Å². The number of aliphatic hydroxyl groups is 1. The molecule has 0 radical (unpaired) electrons. The molecular formula is C18H26N4O2. The van der Waals surface area contributed by atoms with E-state index in [1.807, 2.05) is 32.0 Å². The summed E-state index contributed by atoms with van der Waals surface area (Å²) in [5, 5.41) is 13.6. The molecule has 0 unspecified atom stereocenters. The third-order valence-corrected chi connectivity index (χ3v) is 3.90.